The van der Waals surface area contributed by atoms with E-state index in [1.54, 1.807) is 4.52 Å². The Morgan fingerprint density at radius 1 is 1.06 bits per heavy atom. The number of ether oxygens (including phenoxy) is 1. The van der Waals surface area contributed by atoms with Gasteiger partial charge in [-0.25, -0.2) is 0 Å². The zero-order chi connectivity index (χ0) is 21.8. The molecule has 4 aromatic rings. The van der Waals surface area contributed by atoms with Gasteiger partial charge in [0.1, 0.15) is 5.75 Å². The fourth-order valence-corrected chi connectivity index (χ4v) is 3.78. The van der Waals surface area contributed by atoms with Crippen LogP contribution >= 0.6 is 11.8 Å². The summed E-state index contributed by atoms with van der Waals surface area (Å²) in [6, 6.07) is 17.5. The van der Waals surface area contributed by atoms with Crippen LogP contribution in [0.2, 0.25) is 0 Å². The van der Waals surface area contributed by atoms with Crippen LogP contribution in [0, 0.1) is 13.8 Å². The van der Waals surface area contributed by atoms with E-state index in [0.29, 0.717) is 17.4 Å². The fraction of sp³-hybridized carbons (Fsp3) is 0.217. The van der Waals surface area contributed by atoms with E-state index in [9.17, 15) is 4.79 Å². The molecule has 0 saturated carbocycles. The minimum absolute atomic E-state index is 0.0990. The molecule has 4 rings (SSSR count). The third kappa shape index (κ3) is 4.86. The molecule has 2 aromatic heterocycles. The molecule has 1 amide bonds. The van der Waals surface area contributed by atoms with Crippen molar-refractivity contribution in [3.8, 4) is 17.0 Å². The van der Waals surface area contributed by atoms with Gasteiger partial charge in [0.15, 0.2) is 5.65 Å². The highest BCUT2D eigenvalue weighted by atomic mass is 32.2. The number of nitrogens with zero attached hydrogens (tertiary/aromatic N) is 4. The topological polar surface area (TPSA) is 81.4 Å². The molecule has 0 bridgehead atoms. The van der Waals surface area contributed by atoms with Crippen molar-refractivity contribution in [2.75, 3.05) is 17.7 Å². The van der Waals surface area contributed by atoms with E-state index in [1.807, 2.05) is 75.4 Å². The SMILES string of the molecule is CCOc1ccc(-c2ccc3nnc(SCC(=O)Nc4cc(C)ccc4C)n3n2)cc1. The molecule has 31 heavy (non-hydrogen) atoms. The van der Waals surface area contributed by atoms with E-state index in [-0.39, 0.29) is 11.7 Å². The van der Waals surface area contributed by atoms with Gasteiger partial charge in [-0.3, -0.25) is 4.79 Å². The Bertz CT molecular complexity index is 1220. The lowest BCUT2D eigenvalue weighted by atomic mass is 10.1. The summed E-state index contributed by atoms with van der Waals surface area (Å²) in [5, 5.41) is 16.6. The van der Waals surface area contributed by atoms with E-state index in [0.717, 1.165) is 33.8 Å². The number of aryl methyl sites for hydroxylation is 2. The van der Waals surface area contributed by atoms with Crippen LogP contribution in [-0.4, -0.2) is 38.1 Å². The number of aromatic nitrogens is 4. The Morgan fingerprint density at radius 2 is 1.87 bits per heavy atom. The molecule has 7 nitrogen and oxygen atoms in total. The van der Waals surface area contributed by atoms with Crippen molar-refractivity contribution in [2.45, 2.75) is 25.9 Å². The first-order valence-electron chi connectivity index (χ1n) is 9.99. The molecule has 0 unspecified atom stereocenters. The second kappa shape index (κ2) is 9.18. The normalized spacial score (nSPS) is 10.9. The van der Waals surface area contributed by atoms with Crippen molar-refractivity contribution < 1.29 is 9.53 Å². The fourth-order valence-electron chi connectivity index (χ4n) is 3.09. The van der Waals surface area contributed by atoms with Crippen molar-refractivity contribution in [3.63, 3.8) is 0 Å². The van der Waals surface area contributed by atoms with Gasteiger partial charge < -0.3 is 10.1 Å². The summed E-state index contributed by atoms with van der Waals surface area (Å²) in [6.45, 7) is 6.55. The Balaban J connectivity index is 1.48. The first-order valence-corrected chi connectivity index (χ1v) is 11.0. The van der Waals surface area contributed by atoms with Crippen molar-refractivity contribution in [1.29, 1.82) is 0 Å². The van der Waals surface area contributed by atoms with Crippen LogP contribution in [0.3, 0.4) is 0 Å². The summed E-state index contributed by atoms with van der Waals surface area (Å²) in [4.78, 5) is 12.5. The van der Waals surface area contributed by atoms with Crippen molar-refractivity contribution in [3.05, 3.63) is 65.7 Å². The highest BCUT2D eigenvalue weighted by molar-refractivity contribution is 7.99. The van der Waals surface area contributed by atoms with E-state index >= 15 is 0 Å². The summed E-state index contributed by atoms with van der Waals surface area (Å²) in [6.07, 6.45) is 0. The third-order valence-electron chi connectivity index (χ3n) is 4.69. The zero-order valence-electron chi connectivity index (χ0n) is 17.6. The molecule has 0 aliphatic heterocycles. The van der Waals surface area contributed by atoms with E-state index in [4.69, 9.17) is 4.74 Å². The van der Waals surface area contributed by atoms with Crippen LogP contribution in [0.15, 0.2) is 59.8 Å². The lowest BCUT2D eigenvalue weighted by Gasteiger charge is -2.09. The summed E-state index contributed by atoms with van der Waals surface area (Å²) >= 11 is 1.30. The number of thioether (sulfide) groups is 1. The van der Waals surface area contributed by atoms with Gasteiger partial charge in [0.2, 0.25) is 11.1 Å². The average molecular weight is 434 g/mol. The highest BCUT2D eigenvalue weighted by Gasteiger charge is 2.12. The third-order valence-corrected chi connectivity index (χ3v) is 5.61. The molecule has 2 heterocycles. The molecule has 1 N–H and O–H groups in total. The summed E-state index contributed by atoms with van der Waals surface area (Å²) in [5.74, 6) is 0.934. The molecule has 2 aromatic carbocycles. The van der Waals surface area contributed by atoms with Crippen LogP contribution in [-0.2, 0) is 4.79 Å². The first kappa shape index (κ1) is 20.9. The highest BCUT2D eigenvalue weighted by Crippen LogP contribution is 2.23. The zero-order valence-corrected chi connectivity index (χ0v) is 18.4. The summed E-state index contributed by atoms with van der Waals surface area (Å²) < 4.78 is 7.17. The van der Waals surface area contributed by atoms with Crippen LogP contribution in [0.25, 0.3) is 16.9 Å². The number of fused-ring (bicyclic) bond motifs is 1. The Hall–Kier alpha value is -3.39. The van der Waals surface area contributed by atoms with Crippen LogP contribution in [0.1, 0.15) is 18.1 Å². The van der Waals surface area contributed by atoms with Crippen molar-refractivity contribution >= 4 is 29.0 Å². The van der Waals surface area contributed by atoms with Gasteiger partial charge in [-0.15, -0.1) is 10.2 Å². The predicted molar refractivity (Wildman–Crippen MR) is 123 cm³/mol. The number of benzene rings is 2. The Kier molecular flexibility index (Phi) is 6.18. The second-order valence-electron chi connectivity index (χ2n) is 7.08. The van der Waals surface area contributed by atoms with Gasteiger partial charge >= 0.3 is 0 Å². The van der Waals surface area contributed by atoms with Gasteiger partial charge in [0, 0.05) is 11.3 Å². The molecular weight excluding hydrogens is 410 g/mol. The molecule has 0 fully saturated rings. The maximum absolute atomic E-state index is 12.5. The molecule has 0 atom stereocenters. The van der Waals surface area contributed by atoms with Crippen LogP contribution in [0.4, 0.5) is 5.69 Å². The number of rotatable bonds is 7. The Labute approximate surface area is 184 Å². The van der Waals surface area contributed by atoms with Gasteiger partial charge in [-0.05, 0) is 74.4 Å². The number of anilines is 1. The van der Waals surface area contributed by atoms with E-state index < -0.39 is 0 Å². The Morgan fingerprint density at radius 3 is 2.65 bits per heavy atom. The maximum Gasteiger partial charge on any atom is 0.234 e. The van der Waals surface area contributed by atoms with Crippen LogP contribution in [0.5, 0.6) is 5.75 Å². The van der Waals surface area contributed by atoms with Crippen molar-refractivity contribution in [1.82, 2.24) is 19.8 Å². The van der Waals surface area contributed by atoms with Gasteiger partial charge in [-0.1, -0.05) is 23.9 Å². The molecule has 0 aliphatic carbocycles. The molecule has 0 aliphatic rings. The number of amides is 1. The van der Waals surface area contributed by atoms with Crippen molar-refractivity contribution in [2.24, 2.45) is 0 Å². The molecule has 158 valence electrons. The lowest BCUT2D eigenvalue weighted by molar-refractivity contribution is -0.113. The van der Waals surface area contributed by atoms with Crippen LogP contribution < -0.4 is 10.1 Å². The average Bonchev–Trinajstić information content (AvgIpc) is 3.18. The predicted octanol–water partition coefficient (Wildman–Crippen LogP) is 4.54. The van der Waals surface area contributed by atoms with Gasteiger partial charge in [0.25, 0.3) is 0 Å². The number of hydrogen-bond acceptors (Lipinski definition) is 6. The number of hydrogen-bond donors (Lipinski definition) is 1. The molecule has 0 radical (unpaired) electrons. The molecule has 0 saturated heterocycles. The monoisotopic (exact) mass is 433 g/mol. The minimum atomic E-state index is -0.0990. The first-order chi connectivity index (χ1) is 15.0. The maximum atomic E-state index is 12.5. The quantitative estimate of drug-likeness (QED) is 0.431. The summed E-state index contributed by atoms with van der Waals surface area (Å²) in [7, 11) is 0. The van der Waals surface area contributed by atoms with E-state index in [2.05, 4.69) is 20.6 Å². The lowest BCUT2D eigenvalue weighted by Crippen LogP contribution is -2.15. The second-order valence-corrected chi connectivity index (χ2v) is 8.03. The van der Waals surface area contributed by atoms with Gasteiger partial charge in [0.05, 0.1) is 18.1 Å². The minimum Gasteiger partial charge on any atom is -0.494 e. The summed E-state index contributed by atoms with van der Waals surface area (Å²) in [5.41, 5.74) is 5.33. The number of carbonyl (C=O) groups is 1. The molecule has 0 spiro atoms. The number of carbonyl (C=O) groups excluding carboxylic acids is 1. The number of nitrogens with one attached hydrogen (secondary N) is 1. The van der Waals surface area contributed by atoms with Gasteiger partial charge in [-0.2, -0.15) is 9.61 Å². The molecular formula is C23H23N5O2S. The largest absolute Gasteiger partial charge is 0.494 e. The molecule has 8 heteroatoms. The standard InChI is InChI=1S/C23H23N5O2S/c1-4-30-18-9-7-17(8-10-18)19-11-12-21-25-26-23(28(21)27-19)31-14-22(29)24-20-13-15(2)5-6-16(20)3/h5-13H,4,14H2,1-3H3,(H,24,29). The van der Waals surface area contributed by atoms with E-state index in [1.165, 1.54) is 11.8 Å². The smallest absolute Gasteiger partial charge is 0.234 e.